The van der Waals surface area contributed by atoms with Crippen LogP contribution in [0.3, 0.4) is 0 Å². The molecule has 3 rings (SSSR count). The van der Waals surface area contributed by atoms with Gasteiger partial charge in [-0.2, -0.15) is 5.26 Å². The maximum atomic E-state index is 14.0. The van der Waals surface area contributed by atoms with Gasteiger partial charge in [-0.25, -0.2) is 13.6 Å². The number of carbonyl (C=O) groups excluding carboxylic acids is 1. The first-order valence-corrected chi connectivity index (χ1v) is 8.58. The molecule has 1 saturated heterocycles. The molecule has 9 nitrogen and oxygen atoms in total. The second-order valence-electron chi connectivity index (χ2n) is 6.60. The second-order valence-corrected chi connectivity index (χ2v) is 6.60. The van der Waals surface area contributed by atoms with Crippen molar-refractivity contribution < 1.29 is 13.6 Å². The van der Waals surface area contributed by atoms with Gasteiger partial charge in [0.1, 0.15) is 18.1 Å². The van der Waals surface area contributed by atoms with Crippen LogP contribution in [0.5, 0.6) is 0 Å². The summed E-state index contributed by atoms with van der Waals surface area (Å²) in [4.78, 5) is 39.1. The highest BCUT2D eigenvalue weighted by molar-refractivity contribution is 5.79. The Kier molecular flexibility index (Phi) is 5.53. The molecule has 28 heavy (non-hydrogen) atoms. The van der Waals surface area contributed by atoms with E-state index in [2.05, 4.69) is 20.9 Å². The van der Waals surface area contributed by atoms with Crippen LogP contribution in [0.15, 0.2) is 21.7 Å². The van der Waals surface area contributed by atoms with Crippen molar-refractivity contribution >= 4 is 16.8 Å². The number of hydrogen-bond donors (Lipinski definition) is 4. The highest BCUT2D eigenvalue weighted by atomic mass is 19.2. The Bertz CT molecular complexity index is 1070. The number of amides is 1. The summed E-state index contributed by atoms with van der Waals surface area (Å²) >= 11 is 0. The van der Waals surface area contributed by atoms with E-state index in [1.54, 1.807) is 6.92 Å². The Balaban J connectivity index is 1.76. The Morgan fingerprint density at radius 2 is 2.04 bits per heavy atom. The molecule has 1 amide bonds. The van der Waals surface area contributed by atoms with Crippen molar-refractivity contribution in [1.29, 1.82) is 5.26 Å². The van der Waals surface area contributed by atoms with Crippen LogP contribution in [0.1, 0.15) is 6.92 Å². The van der Waals surface area contributed by atoms with Gasteiger partial charge in [0.2, 0.25) is 5.91 Å². The molecule has 1 fully saturated rings. The van der Waals surface area contributed by atoms with E-state index in [9.17, 15) is 23.2 Å². The summed E-state index contributed by atoms with van der Waals surface area (Å²) in [5.41, 5.74) is -2.13. The Hall–Kier alpha value is -3.10. The van der Waals surface area contributed by atoms with Gasteiger partial charge in [-0.1, -0.05) is 0 Å². The Morgan fingerprint density at radius 1 is 1.36 bits per heavy atom. The lowest BCUT2D eigenvalue weighted by Gasteiger charge is -2.31. The molecule has 0 radical (unpaired) electrons. The van der Waals surface area contributed by atoms with E-state index in [0.29, 0.717) is 17.7 Å². The molecule has 1 aromatic heterocycles. The lowest BCUT2D eigenvalue weighted by atomic mass is 9.99. The zero-order valence-corrected chi connectivity index (χ0v) is 14.9. The molecule has 1 aliphatic rings. The summed E-state index contributed by atoms with van der Waals surface area (Å²) in [6.07, 6.45) is -0.454. The summed E-state index contributed by atoms with van der Waals surface area (Å²) in [6, 6.07) is 3.59. The fraction of sp³-hybridized carbons (Fsp3) is 0.412. The van der Waals surface area contributed by atoms with Gasteiger partial charge in [0.25, 0.3) is 5.56 Å². The second kappa shape index (κ2) is 7.87. The Labute approximate surface area is 157 Å². The van der Waals surface area contributed by atoms with E-state index >= 15 is 0 Å². The van der Waals surface area contributed by atoms with Crippen LogP contribution in [0.2, 0.25) is 0 Å². The van der Waals surface area contributed by atoms with Crippen LogP contribution in [-0.4, -0.2) is 40.8 Å². The third kappa shape index (κ3) is 3.78. The maximum absolute atomic E-state index is 14.0. The predicted octanol–water partition coefficient (Wildman–Crippen LogP) is -0.869. The van der Waals surface area contributed by atoms with Crippen molar-refractivity contribution in [1.82, 2.24) is 25.5 Å². The fourth-order valence-electron chi connectivity index (χ4n) is 3.11. The average molecular weight is 392 g/mol. The quantitative estimate of drug-likeness (QED) is 0.535. The summed E-state index contributed by atoms with van der Waals surface area (Å²) in [7, 11) is 0. The first-order valence-electron chi connectivity index (χ1n) is 8.58. The number of fused-ring (bicyclic) bond motifs is 1. The summed E-state index contributed by atoms with van der Waals surface area (Å²) in [5, 5.41) is 16.8. The number of aromatic nitrogens is 2. The summed E-state index contributed by atoms with van der Waals surface area (Å²) in [5.74, 6) is -3.26. The number of halogens is 2. The molecule has 0 unspecified atom stereocenters. The van der Waals surface area contributed by atoms with E-state index in [4.69, 9.17) is 5.26 Å². The first-order chi connectivity index (χ1) is 13.3. The molecule has 1 aliphatic heterocycles. The molecule has 11 heteroatoms. The molecule has 0 saturated carbocycles. The number of rotatable bonds is 4. The van der Waals surface area contributed by atoms with E-state index in [1.165, 1.54) is 0 Å². The van der Waals surface area contributed by atoms with E-state index in [0.717, 1.165) is 12.1 Å². The third-order valence-corrected chi connectivity index (χ3v) is 4.74. The van der Waals surface area contributed by atoms with Crippen molar-refractivity contribution in [3.63, 3.8) is 0 Å². The van der Waals surface area contributed by atoms with Crippen molar-refractivity contribution in [3.8, 4) is 6.07 Å². The van der Waals surface area contributed by atoms with Gasteiger partial charge >= 0.3 is 5.69 Å². The largest absolute Gasteiger partial charge is 0.352 e. The number of carbonyl (C=O) groups is 1. The van der Waals surface area contributed by atoms with Crippen LogP contribution in [-0.2, 0) is 11.3 Å². The zero-order valence-electron chi connectivity index (χ0n) is 14.9. The van der Waals surface area contributed by atoms with Crippen molar-refractivity contribution in [2.45, 2.75) is 25.7 Å². The van der Waals surface area contributed by atoms with Crippen molar-refractivity contribution in [3.05, 3.63) is 44.6 Å². The normalized spacial score (nSPS) is 20.5. The van der Waals surface area contributed by atoms with E-state index in [-0.39, 0.29) is 17.5 Å². The summed E-state index contributed by atoms with van der Waals surface area (Å²) < 4.78 is 27.9. The molecule has 0 aliphatic carbocycles. The molecular weight excluding hydrogens is 374 g/mol. The van der Waals surface area contributed by atoms with Crippen LogP contribution in [0.25, 0.3) is 10.9 Å². The number of benzene rings is 1. The molecule has 0 bridgehead atoms. The van der Waals surface area contributed by atoms with E-state index in [1.807, 2.05) is 6.07 Å². The minimum atomic E-state index is -1.38. The predicted molar refractivity (Wildman–Crippen MR) is 95.2 cm³/mol. The van der Waals surface area contributed by atoms with Crippen LogP contribution in [0, 0.1) is 28.9 Å². The number of H-pyrrole nitrogens is 1. The van der Waals surface area contributed by atoms with Crippen LogP contribution >= 0.6 is 0 Å². The fourth-order valence-corrected chi connectivity index (χ4v) is 3.11. The topological polar surface area (TPSA) is 132 Å². The van der Waals surface area contributed by atoms with Gasteiger partial charge in [-0.05, 0) is 19.1 Å². The zero-order chi connectivity index (χ0) is 20.4. The minimum absolute atomic E-state index is 0.0216. The van der Waals surface area contributed by atoms with Crippen molar-refractivity contribution in [2.75, 3.05) is 13.1 Å². The minimum Gasteiger partial charge on any atom is -0.352 e. The highest BCUT2D eigenvalue weighted by Crippen LogP contribution is 2.14. The van der Waals surface area contributed by atoms with E-state index < -0.39 is 46.9 Å². The average Bonchev–Trinajstić information content (AvgIpc) is 2.68. The molecule has 4 N–H and O–H groups in total. The van der Waals surface area contributed by atoms with Gasteiger partial charge in [0.15, 0.2) is 11.6 Å². The van der Waals surface area contributed by atoms with Gasteiger partial charge in [0.05, 0.1) is 11.6 Å². The number of nitrogens with zero attached hydrogens (tertiary/aromatic N) is 2. The number of nitrogens with one attached hydrogen (secondary N) is 4. The van der Waals surface area contributed by atoms with Gasteiger partial charge in [-0.15, -0.1) is 0 Å². The molecular formula is C17H18F2N6O3. The highest BCUT2D eigenvalue weighted by Gasteiger charge is 2.25. The molecule has 2 heterocycles. The van der Waals surface area contributed by atoms with Gasteiger partial charge in [0, 0.05) is 25.0 Å². The molecule has 1 aromatic carbocycles. The van der Waals surface area contributed by atoms with Gasteiger partial charge < -0.3 is 10.3 Å². The van der Waals surface area contributed by atoms with Crippen LogP contribution < -0.4 is 27.2 Å². The van der Waals surface area contributed by atoms with Crippen LogP contribution in [0.4, 0.5) is 8.78 Å². The third-order valence-electron chi connectivity index (χ3n) is 4.74. The summed E-state index contributed by atoms with van der Waals surface area (Å²) in [6.45, 7) is 2.10. The Morgan fingerprint density at radius 3 is 2.68 bits per heavy atom. The lowest BCUT2D eigenvalue weighted by Crippen LogP contribution is -2.57. The van der Waals surface area contributed by atoms with Crippen molar-refractivity contribution in [2.24, 2.45) is 5.92 Å². The molecule has 148 valence electrons. The number of hydrogen-bond acceptors (Lipinski definition) is 6. The maximum Gasteiger partial charge on any atom is 0.329 e. The number of nitriles is 1. The molecule has 1 atom stereocenters. The smallest absolute Gasteiger partial charge is 0.329 e. The first kappa shape index (κ1) is 19.7. The standard InChI is InChI=1S/C17H18F2N6O3/c1-8(9-5-21-12(4-20)22-6-9)23-13(26)7-25-16(27)14-11(24-17(25)28)3-2-10(18)15(14)19/h2-3,8-9,12,21-22H,5-7H2,1H3,(H,23,26)(H,24,28)/t8-,9?,12?/m1/s1. The SMILES string of the molecule is C[C@@H](NC(=O)Cn1c(=O)[nH]c2ccc(F)c(F)c2c1=O)C1CNC(C#N)NC1. The molecule has 2 aromatic rings. The molecule has 0 spiro atoms. The number of aromatic amines is 1. The van der Waals surface area contributed by atoms with Gasteiger partial charge in [-0.3, -0.25) is 24.8 Å². The monoisotopic (exact) mass is 392 g/mol. The lowest BCUT2D eigenvalue weighted by molar-refractivity contribution is -0.122.